The zero-order valence-corrected chi connectivity index (χ0v) is 3.38. The van der Waals surface area contributed by atoms with Gasteiger partial charge in [0.15, 0.2) is 0 Å². The highest BCUT2D eigenvalue weighted by Gasteiger charge is 2.10. The van der Waals surface area contributed by atoms with Gasteiger partial charge >= 0.3 is 11.9 Å². The first-order valence-electron chi connectivity index (χ1n) is 1.73. The average molecular weight is 102 g/mol. The summed E-state index contributed by atoms with van der Waals surface area (Å²) < 4.78 is 3.97. The fraction of sp³-hybridized carbons (Fsp3) is 0. The van der Waals surface area contributed by atoms with Crippen LogP contribution in [-0.4, -0.2) is 11.9 Å². The number of carbonyl (C=O) groups excluding carboxylic acids is 2. The highest BCUT2D eigenvalue weighted by molar-refractivity contribution is 6.04. The lowest BCUT2D eigenvalue weighted by Crippen LogP contribution is -1.96. The van der Waals surface area contributed by atoms with Crippen molar-refractivity contribution < 1.29 is 14.3 Å². The number of rotatable bonds is 0. The third-order valence-corrected chi connectivity index (χ3v) is 0.557. The van der Waals surface area contributed by atoms with Gasteiger partial charge in [0.2, 0.25) is 0 Å². The Bertz CT molecular complexity index is 129. The summed E-state index contributed by atoms with van der Waals surface area (Å²) in [6.45, 7) is 0. The highest BCUT2D eigenvalue weighted by atomic mass is 16.7. The van der Waals surface area contributed by atoms with E-state index in [9.17, 15) is 9.59 Å². The second-order valence-electron chi connectivity index (χ2n) is 1.07. The zero-order valence-electron chi connectivity index (χ0n) is 3.38. The van der Waals surface area contributed by atoms with Crippen molar-refractivity contribution in [2.24, 2.45) is 0 Å². The lowest BCUT2D eigenvalue weighted by molar-refractivity contribution is -0.150. The van der Waals surface area contributed by atoms with E-state index < -0.39 is 11.9 Å². The van der Waals surface area contributed by atoms with E-state index in [0.29, 0.717) is 0 Å². The molecule has 0 radical (unpaired) electrons. The molecule has 0 atom stereocenters. The average Bonchev–Trinajstić information content (AvgIpc) is 1.87. The van der Waals surface area contributed by atoms with Gasteiger partial charge in [0, 0.05) is 12.2 Å². The standard InChI is InChI=1S/C4H2O3/c5-3-1-2-4(6)7-3/h1-2H/i1+1,2+1,3+1,4+1. The maximum atomic E-state index is 9.92. The molecule has 0 unspecified atom stereocenters. The maximum Gasteiger partial charge on any atom is 0.338 e. The van der Waals surface area contributed by atoms with Gasteiger partial charge < -0.3 is 4.74 Å². The molecule has 1 aliphatic rings. The lowest BCUT2D eigenvalue weighted by Gasteiger charge is -1.80. The van der Waals surface area contributed by atoms with E-state index in [4.69, 9.17) is 0 Å². The molecule has 0 spiro atoms. The van der Waals surface area contributed by atoms with E-state index in [1.165, 1.54) is 0 Å². The van der Waals surface area contributed by atoms with Gasteiger partial charge in [-0.3, -0.25) is 0 Å². The minimum absolute atomic E-state index is 0.579. The van der Waals surface area contributed by atoms with Crippen molar-refractivity contribution in [1.82, 2.24) is 0 Å². The van der Waals surface area contributed by atoms with Crippen molar-refractivity contribution in [2.45, 2.75) is 0 Å². The SMILES string of the molecule is O=[13C]1[13CH]=[13CH][13C](=O)O1. The summed E-state index contributed by atoms with van der Waals surface area (Å²) in [7, 11) is 0. The molecule has 1 heterocycles. The first kappa shape index (κ1) is 4.05. The largest absolute Gasteiger partial charge is 0.387 e. The maximum absolute atomic E-state index is 9.92. The fourth-order valence-corrected chi connectivity index (χ4v) is 0.303. The van der Waals surface area contributed by atoms with E-state index in [1.54, 1.807) is 0 Å². The monoisotopic (exact) mass is 102 g/mol. The predicted molar refractivity (Wildman–Crippen MR) is 20.2 cm³/mol. The Hall–Kier alpha value is -1.12. The van der Waals surface area contributed by atoms with Gasteiger partial charge in [-0.05, 0) is 0 Å². The van der Waals surface area contributed by atoms with Gasteiger partial charge in [-0.25, -0.2) is 9.59 Å². The van der Waals surface area contributed by atoms with Gasteiger partial charge in [0.1, 0.15) is 0 Å². The van der Waals surface area contributed by atoms with Crippen LogP contribution in [0.3, 0.4) is 0 Å². The van der Waals surface area contributed by atoms with Crippen LogP contribution in [0.1, 0.15) is 0 Å². The number of esters is 2. The van der Waals surface area contributed by atoms with Gasteiger partial charge in [-0.1, -0.05) is 0 Å². The fourth-order valence-electron chi connectivity index (χ4n) is 0.303. The molecule has 0 bridgehead atoms. The molecular weight excluding hydrogens is 100 g/mol. The molecule has 0 N–H and O–H groups in total. The van der Waals surface area contributed by atoms with Gasteiger partial charge in [-0.2, -0.15) is 0 Å². The molecule has 3 heteroatoms. The molecule has 0 aromatic heterocycles. The first-order chi connectivity index (χ1) is 3.29. The Kier molecular flexibility index (Phi) is 0.685. The van der Waals surface area contributed by atoms with Gasteiger partial charge in [0.25, 0.3) is 0 Å². The summed E-state index contributed by atoms with van der Waals surface area (Å²) in [5.41, 5.74) is 0. The Morgan fingerprint density at radius 3 is 1.71 bits per heavy atom. The van der Waals surface area contributed by atoms with Crippen LogP contribution in [0.25, 0.3) is 0 Å². The molecular formula is C4H2O3. The third-order valence-electron chi connectivity index (χ3n) is 0.557. The normalized spacial score (nSPS) is 17.7. The molecule has 1 rings (SSSR count). The number of ether oxygens (including phenoxy) is 1. The topological polar surface area (TPSA) is 43.4 Å². The van der Waals surface area contributed by atoms with Crippen LogP contribution < -0.4 is 0 Å². The predicted octanol–water partition coefficient (Wildman–Crippen LogP) is -0.374. The second kappa shape index (κ2) is 1.18. The molecule has 7 heavy (non-hydrogen) atoms. The molecule has 0 fully saturated rings. The Morgan fingerprint density at radius 2 is 1.57 bits per heavy atom. The van der Waals surface area contributed by atoms with Crippen LogP contribution in [0, 0.1) is 0 Å². The molecule has 0 saturated carbocycles. The molecule has 3 nitrogen and oxygen atoms in total. The number of carbonyl (C=O) groups is 2. The smallest absolute Gasteiger partial charge is 0.338 e. The molecule has 0 aliphatic carbocycles. The summed E-state index contributed by atoms with van der Waals surface area (Å²) in [6, 6.07) is 0. The van der Waals surface area contributed by atoms with E-state index in [0.717, 1.165) is 12.2 Å². The van der Waals surface area contributed by atoms with E-state index >= 15 is 0 Å². The first-order valence-corrected chi connectivity index (χ1v) is 1.73. The summed E-state index contributed by atoms with van der Waals surface area (Å²) in [5, 5.41) is 0. The summed E-state index contributed by atoms with van der Waals surface area (Å²) in [4.78, 5) is 19.8. The van der Waals surface area contributed by atoms with Gasteiger partial charge in [0.05, 0.1) is 0 Å². The Balaban J connectivity index is 2.76. The summed E-state index contributed by atoms with van der Waals surface area (Å²) in [5.74, 6) is -1.16. The number of hydrogen-bond acceptors (Lipinski definition) is 3. The van der Waals surface area contributed by atoms with Crippen molar-refractivity contribution >= 4 is 11.9 Å². The van der Waals surface area contributed by atoms with Crippen molar-refractivity contribution in [2.75, 3.05) is 0 Å². The summed E-state index contributed by atoms with van der Waals surface area (Å²) >= 11 is 0. The summed E-state index contributed by atoms with van der Waals surface area (Å²) in [6.07, 6.45) is 2.17. The van der Waals surface area contributed by atoms with Crippen molar-refractivity contribution in [3.05, 3.63) is 12.2 Å². The van der Waals surface area contributed by atoms with E-state index in [-0.39, 0.29) is 0 Å². The van der Waals surface area contributed by atoms with Crippen LogP contribution in [0.2, 0.25) is 0 Å². The molecule has 36 valence electrons. The van der Waals surface area contributed by atoms with Crippen molar-refractivity contribution in [3.63, 3.8) is 0 Å². The van der Waals surface area contributed by atoms with E-state index in [2.05, 4.69) is 4.74 Å². The molecule has 0 aromatic carbocycles. The number of cyclic esters (lactones) is 2. The van der Waals surface area contributed by atoms with E-state index in [1.807, 2.05) is 0 Å². The zero-order chi connectivity index (χ0) is 5.28. The highest BCUT2D eigenvalue weighted by Crippen LogP contribution is 1.92. The van der Waals surface area contributed by atoms with Crippen molar-refractivity contribution in [3.8, 4) is 0 Å². The van der Waals surface area contributed by atoms with Crippen LogP contribution in [-0.2, 0) is 14.3 Å². The molecule has 0 saturated heterocycles. The third kappa shape index (κ3) is 0.652. The molecule has 0 amide bonds. The van der Waals surface area contributed by atoms with Crippen LogP contribution in [0.15, 0.2) is 12.2 Å². The Morgan fingerprint density at radius 1 is 1.14 bits per heavy atom. The van der Waals surface area contributed by atoms with Crippen LogP contribution >= 0.6 is 0 Å². The lowest BCUT2D eigenvalue weighted by atomic mass is 11.6. The molecule has 1 aliphatic heterocycles. The van der Waals surface area contributed by atoms with Crippen molar-refractivity contribution in [1.29, 1.82) is 0 Å². The number of hydrogen-bond donors (Lipinski definition) is 0. The second-order valence-corrected chi connectivity index (χ2v) is 1.07. The quantitative estimate of drug-likeness (QED) is 0.238. The minimum atomic E-state index is -0.579. The molecule has 0 aromatic rings. The van der Waals surface area contributed by atoms with Crippen LogP contribution in [0.5, 0.6) is 0 Å². The minimum Gasteiger partial charge on any atom is -0.387 e. The van der Waals surface area contributed by atoms with Gasteiger partial charge in [-0.15, -0.1) is 0 Å². The van der Waals surface area contributed by atoms with Crippen LogP contribution in [0.4, 0.5) is 0 Å². The Labute approximate surface area is 39.6 Å².